The smallest absolute Gasteiger partial charge is 0.271 e. The van der Waals surface area contributed by atoms with E-state index in [9.17, 15) is 18.5 Å². The Hall–Kier alpha value is -1.71. The molecule has 20 heavy (non-hydrogen) atoms. The minimum atomic E-state index is -4.07. The average molecular weight is 304 g/mol. The standard InChI is InChI=1S/C11H16N2O6S/c1-11(2,7-14)12-20(17,18)10-6-8(13(15)16)4-5-9(10)19-3/h4-6,12,14H,7H2,1-3H3. The number of nitro benzene ring substituents is 1. The zero-order chi connectivity index (χ0) is 15.6. The van der Waals surface area contributed by atoms with Crippen LogP contribution in [-0.2, 0) is 10.0 Å². The molecule has 112 valence electrons. The molecule has 0 aliphatic carbocycles. The highest BCUT2D eigenvalue weighted by Crippen LogP contribution is 2.28. The minimum Gasteiger partial charge on any atom is -0.495 e. The second-order valence-corrected chi connectivity index (χ2v) is 6.39. The molecule has 1 aromatic carbocycles. The number of hydrogen-bond acceptors (Lipinski definition) is 6. The van der Waals surface area contributed by atoms with Crippen LogP contribution in [0.5, 0.6) is 5.75 Å². The molecule has 0 atom stereocenters. The van der Waals surface area contributed by atoms with Crippen LogP contribution in [0.4, 0.5) is 5.69 Å². The van der Waals surface area contributed by atoms with Crippen LogP contribution in [-0.4, -0.2) is 37.7 Å². The Bertz CT molecular complexity index is 611. The van der Waals surface area contributed by atoms with Gasteiger partial charge in [-0.1, -0.05) is 0 Å². The first-order chi connectivity index (χ1) is 9.13. The van der Waals surface area contributed by atoms with Crippen LogP contribution in [0.3, 0.4) is 0 Å². The summed E-state index contributed by atoms with van der Waals surface area (Å²) in [7, 11) is -2.81. The van der Waals surface area contributed by atoms with Crippen LogP contribution < -0.4 is 9.46 Å². The van der Waals surface area contributed by atoms with Crippen LogP contribution in [0.2, 0.25) is 0 Å². The maximum Gasteiger partial charge on any atom is 0.271 e. The van der Waals surface area contributed by atoms with Crippen LogP contribution in [0.1, 0.15) is 13.8 Å². The number of benzene rings is 1. The first kappa shape index (κ1) is 16.3. The van der Waals surface area contributed by atoms with Gasteiger partial charge in [-0.3, -0.25) is 10.1 Å². The summed E-state index contributed by atoms with van der Waals surface area (Å²) in [6.45, 7) is 2.53. The number of ether oxygens (including phenoxy) is 1. The van der Waals surface area contributed by atoms with Gasteiger partial charge in [-0.05, 0) is 19.9 Å². The lowest BCUT2D eigenvalue weighted by Gasteiger charge is -2.23. The minimum absolute atomic E-state index is 0.0168. The monoisotopic (exact) mass is 304 g/mol. The summed E-state index contributed by atoms with van der Waals surface area (Å²) in [5.74, 6) is -0.0168. The molecule has 0 unspecified atom stereocenters. The van der Waals surface area contributed by atoms with Crippen molar-refractivity contribution in [3.63, 3.8) is 0 Å². The number of aliphatic hydroxyl groups is 1. The molecule has 0 saturated carbocycles. The Morgan fingerprint density at radius 2 is 2.05 bits per heavy atom. The van der Waals surface area contributed by atoms with Gasteiger partial charge >= 0.3 is 0 Å². The van der Waals surface area contributed by atoms with Gasteiger partial charge in [0, 0.05) is 12.1 Å². The van der Waals surface area contributed by atoms with Crippen molar-refractivity contribution in [3.8, 4) is 5.75 Å². The Kier molecular flexibility index (Phi) is 4.69. The van der Waals surface area contributed by atoms with E-state index in [4.69, 9.17) is 9.84 Å². The SMILES string of the molecule is COc1ccc([N+](=O)[O-])cc1S(=O)(=O)NC(C)(C)CO. The lowest BCUT2D eigenvalue weighted by Crippen LogP contribution is -2.46. The van der Waals surface area contributed by atoms with E-state index in [-0.39, 0.29) is 16.3 Å². The van der Waals surface area contributed by atoms with Gasteiger partial charge in [0.2, 0.25) is 10.0 Å². The van der Waals surface area contributed by atoms with Gasteiger partial charge in [0.15, 0.2) is 0 Å². The maximum absolute atomic E-state index is 12.2. The highest BCUT2D eigenvalue weighted by Gasteiger charge is 2.29. The molecule has 2 N–H and O–H groups in total. The van der Waals surface area contributed by atoms with Gasteiger partial charge in [-0.15, -0.1) is 0 Å². The first-order valence-electron chi connectivity index (χ1n) is 5.60. The van der Waals surface area contributed by atoms with Crippen molar-refractivity contribution in [2.75, 3.05) is 13.7 Å². The molecular weight excluding hydrogens is 288 g/mol. The molecule has 1 aromatic rings. The Morgan fingerprint density at radius 1 is 1.45 bits per heavy atom. The zero-order valence-electron chi connectivity index (χ0n) is 11.3. The summed E-state index contributed by atoms with van der Waals surface area (Å²) in [4.78, 5) is 9.68. The number of methoxy groups -OCH3 is 1. The average Bonchev–Trinajstić information content (AvgIpc) is 2.36. The van der Waals surface area contributed by atoms with Gasteiger partial charge in [-0.2, -0.15) is 0 Å². The predicted molar refractivity (Wildman–Crippen MR) is 71.1 cm³/mol. The molecule has 0 spiro atoms. The fraction of sp³-hybridized carbons (Fsp3) is 0.455. The number of nitrogens with one attached hydrogen (secondary N) is 1. The van der Waals surface area contributed by atoms with E-state index in [0.29, 0.717) is 0 Å². The molecule has 0 aliphatic heterocycles. The second-order valence-electron chi connectivity index (χ2n) is 4.74. The van der Waals surface area contributed by atoms with Crippen LogP contribution in [0, 0.1) is 10.1 Å². The van der Waals surface area contributed by atoms with Crippen molar-refractivity contribution < 1.29 is 23.2 Å². The summed E-state index contributed by atoms with van der Waals surface area (Å²) in [5, 5.41) is 19.8. The third-order valence-electron chi connectivity index (χ3n) is 2.45. The van der Waals surface area contributed by atoms with Crippen molar-refractivity contribution in [2.45, 2.75) is 24.3 Å². The van der Waals surface area contributed by atoms with Crippen molar-refractivity contribution in [1.82, 2.24) is 4.72 Å². The van der Waals surface area contributed by atoms with E-state index < -0.39 is 27.1 Å². The van der Waals surface area contributed by atoms with E-state index in [0.717, 1.165) is 12.1 Å². The van der Waals surface area contributed by atoms with E-state index in [1.807, 2.05) is 0 Å². The molecule has 9 heteroatoms. The summed E-state index contributed by atoms with van der Waals surface area (Å²) in [6, 6.07) is 3.27. The molecule has 0 radical (unpaired) electrons. The van der Waals surface area contributed by atoms with Gasteiger partial charge < -0.3 is 9.84 Å². The van der Waals surface area contributed by atoms with Crippen molar-refractivity contribution in [3.05, 3.63) is 28.3 Å². The number of hydrogen-bond donors (Lipinski definition) is 2. The topological polar surface area (TPSA) is 119 Å². The molecule has 0 fully saturated rings. The molecule has 0 amide bonds. The molecule has 8 nitrogen and oxygen atoms in total. The number of rotatable bonds is 6. The Balaban J connectivity index is 3.36. The Morgan fingerprint density at radius 3 is 2.50 bits per heavy atom. The number of nitrogens with zero attached hydrogens (tertiary/aromatic N) is 1. The van der Waals surface area contributed by atoms with Crippen LogP contribution in [0.15, 0.2) is 23.1 Å². The largest absolute Gasteiger partial charge is 0.495 e. The first-order valence-corrected chi connectivity index (χ1v) is 7.08. The van der Waals surface area contributed by atoms with Gasteiger partial charge in [0.25, 0.3) is 5.69 Å². The van der Waals surface area contributed by atoms with Crippen molar-refractivity contribution in [2.24, 2.45) is 0 Å². The summed E-state index contributed by atoms with van der Waals surface area (Å²) >= 11 is 0. The number of non-ortho nitro benzene ring substituents is 1. The van der Waals surface area contributed by atoms with Gasteiger partial charge in [0.05, 0.1) is 24.2 Å². The lowest BCUT2D eigenvalue weighted by molar-refractivity contribution is -0.385. The van der Waals surface area contributed by atoms with E-state index >= 15 is 0 Å². The summed E-state index contributed by atoms with van der Waals surface area (Å²) < 4.78 is 31.6. The van der Waals surface area contributed by atoms with Gasteiger partial charge in [0.1, 0.15) is 10.6 Å². The van der Waals surface area contributed by atoms with E-state index in [2.05, 4.69) is 4.72 Å². The molecular formula is C11H16N2O6S. The normalized spacial score (nSPS) is 12.2. The molecule has 0 bridgehead atoms. The summed E-state index contributed by atoms with van der Waals surface area (Å²) in [6.07, 6.45) is 0. The third-order valence-corrected chi connectivity index (χ3v) is 4.17. The van der Waals surface area contributed by atoms with Crippen LogP contribution in [0.25, 0.3) is 0 Å². The van der Waals surface area contributed by atoms with Crippen molar-refractivity contribution in [1.29, 1.82) is 0 Å². The molecule has 0 aromatic heterocycles. The van der Waals surface area contributed by atoms with Crippen molar-refractivity contribution >= 4 is 15.7 Å². The zero-order valence-corrected chi connectivity index (χ0v) is 12.1. The molecule has 0 aliphatic rings. The predicted octanol–water partition coefficient (Wildman–Crippen LogP) is 0.653. The summed E-state index contributed by atoms with van der Waals surface area (Å²) in [5.41, 5.74) is -1.47. The highest BCUT2D eigenvalue weighted by atomic mass is 32.2. The number of nitro groups is 1. The van der Waals surface area contributed by atoms with Crippen LogP contribution >= 0.6 is 0 Å². The third kappa shape index (κ3) is 3.65. The quantitative estimate of drug-likeness (QED) is 0.588. The number of sulfonamides is 1. The second kappa shape index (κ2) is 5.73. The molecule has 1 rings (SSSR count). The Labute approximate surface area is 116 Å². The van der Waals surface area contributed by atoms with E-state index in [1.165, 1.54) is 27.0 Å². The fourth-order valence-corrected chi connectivity index (χ4v) is 3.03. The fourth-order valence-electron chi connectivity index (χ4n) is 1.44. The lowest BCUT2D eigenvalue weighted by atomic mass is 10.1. The maximum atomic E-state index is 12.2. The van der Waals surface area contributed by atoms with E-state index in [1.54, 1.807) is 0 Å². The highest BCUT2D eigenvalue weighted by molar-refractivity contribution is 7.89. The molecule has 0 saturated heterocycles. The molecule has 0 heterocycles. The number of aliphatic hydroxyl groups excluding tert-OH is 1. The van der Waals surface area contributed by atoms with Gasteiger partial charge in [-0.25, -0.2) is 13.1 Å².